The smallest absolute Gasteiger partial charge is 0.183 e. The van der Waals surface area contributed by atoms with Gasteiger partial charge in [0.15, 0.2) is 9.84 Å². The zero-order valence-electron chi connectivity index (χ0n) is 8.61. The maximum atomic E-state index is 12.0. The van der Waals surface area contributed by atoms with Crippen molar-refractivity contribution < 1.29 is 8.42 Å². The number of nitrogen functional groups attached to an aromatic ring is 1. The average molecular weight is 213 g/mol. The lowest BCUT2D eigenvalue weighted by molar-refractivity contribution is 0.560. The van der Waals surface area contributed by atoms with Gasteiger partial charge < -0.3 is 5.73 Å². The van der Waals surface area contributed by atoms with Crippen LogP contribution in [0.1, 0.15) is 20.8 Å². The van der Waals surface area contributed by atoms with E-state index < -0.39 is 14.6 Å². The molecule has 0 unspecified atom stereocenters. The minimum Gasteiger partial charge on any atom is -0.399 e. The fraction of sp³-hybridized carbons (Fsp3) is 0.400. The first-order valence-electron chi connectivity index (χ1n) is 4.35. The summed E-state index contributed by atoms with van der Waals surface area (Å²) in [4.78, 5) is 0.282. The lowest BCUT2D eigenvalue weighted by atomic mass is 10.3. The van der Waals surface area contributed by atoms with Gasteiger partial charge in [-0.1, -0.05) is 6.07 Å². The predicted molar refractivity (Wildman–Crippen MR) is 57.8 cm³/mol. The molecule has 1 rings (SSSR count). The van der Waals surface area contributed by atoms with Gasteiger partial charge in [0, 0.05) is 5.69 Å². The van der Waals surface area contributed by atoms with E-state index in [1.54, 1.807) is 39.0 Å². The Bertz CT molecular complexity index is 430. The Morgan fingerprint density at radius 3 is 2.21 bits per heavy atom. The maximum Gasteiger partial charge on any atom is 0.183 e. The molecule has 0 bridgehead atoms. The number of rotatable bonds is 1. The molecule has 0 spiro atoms. The molecular formula is C10H15NO2S. The Hall–Kier alpha value is -1.03. The zero-order chi connectivity index (χ0) is 11.0. The number of hydrogen-bond donors (Lipinski definition) is 1. The molecule has 1 aromatic carbocycles. The van der Waals surface area contributed by atoms with Gasteiger partial charge >= 0.3 is 0 Å². The number of nitrogens with two attached hydrogens (primary N) is 1. The van der Waals surface area contributed by atoms with E-state index in [9.17, 15) is 8.42 Å². The van der Waals surface area contributed by atoms with Crippen molar-refractivity contribution in [2.45, 2.75) is 30.4 Å². The first-order chi connectivity index (χ1) is 6.25. The molecule has 0 aliphatic heterocycles. The van der Waals surface area contributed by atoms with Gasteiger partial charge in [-0.15, -0.1) is 0 Å². The third kappa shape index (κ3) is 1.90. The maximum absolute atomic E-state index is 12.0. The van der Waals surface area contributed by atoms with E-state index >= 15 is 0 Å². The molecular weight excluding hydrogens is 198 g/mol. The summed E-state index contributed by atoms with van der Waals surface area (Å²) in [5.41, 5.74) is 6.00. The van der Waals surface area contributed by atoms with Crippen molar-refractivity contribution in [2.24, 2.45) is 0 Å². The van der Waals surface area contributed by atoms with Gasteiger partial charge in [0.25, 0.3) is 0 Å². The summed E-state index contributed by atoms with van der Waals surface area (Å²) in [6.45, 7) is 5.02. The summed E-state index contributed by atoms with van der Waals surface area (Å²) in [5.74, 6) is 0. The van der Waals surface area contributed by atoms with Crippen molar-refractivity contribution in [2.75, 3.05) is 5.73 Å². The number of benzene rings is 1. The minimum absolute atomic E-state index is 0.282. The van der Waals surface area contributed by atoms with Crippen LogP contribution in [-0.2, 0) is 9.84 Å². The van der Waals surface area contributed by atoms with Gasteiger partial charge in [0.2, 0.25) is 0 Å². The van der Waals surface area contributed by atoms with Crippen LogP contribution in [0.5, 0.6) is 0 Å². The molecule has 4 heteroatoms. The van der Waals surface area contributed by atoms with E-state index in [1.807, 2.05) is 0 Å². The zero-order valence-corrected chi connectivity index (χ0v) is 9.43. The Kier molecular flexibility index (Phi) is 2.58. The molecule has 3 nitrogen and oxygen atoms in total. The fourth-order valence-corrected chi connectivity index (χ4v) is 2.29. The molecule has 78 valence electrons. The van der Waals surface area contributed by atoms with Gasteiger partial charge in [-0.2, -0.15) is 0 Å². The molecule has 0 aliphatic rings. The first-order valence-corrected chi connectivity index (χ1v) is 5.83. The van der Waals surface area contributed by atoms with Crippen LogP contribution in [-0.4, -0.2) is 13.2 Å². The van der Waals surface area contributed by atoms with E-state index in [2.05, 4.69) is 0 Å². The Balaban J connectivity index is 3.32. The molecule has 0 radical (unpaired) electrons. The molecule has 1 aromatic rings. The molecule has 0 heterocycles. The van der Waals surface area contributed by atoms with Crippen LogP contribution in [0.25, 0.3) is 0 Å². The highest BCUT2D eigenvalue weighted by atomic mass is 32.2. The highest BCUT2D eigenvalue weighted by Crippen LogP contribution is 2.25. The molecule has 2 N–H and O–H groups in total. The van der Waals surface area contributed by atoms with Gasteiger partial charge in [-0.25, -0.2) is 8.42 Å². The molecule has 0 saturated heterocycles. The van der Waals surface area contributed by atoms with Crippen molar-refractivity contribution in [1.29, 1.82) is 0 Å². The Morgan fingerprint density at radius 2 is 1.79 bits per heavy atom. The van der Waals surface area contributed by atoms with Crippen molar-refractivity contribution in [3.05, 3.63) is 24.3 Å². The van der Waals surface area contributed by atoms with Gasteiger partial charge in [-0.3, -0.25) is 0 Å². The Labute approximate surface area is 84.9 Å². The van der Waals surface area contributed by atoms with Gasteiger partial charge in [-0.05, 0) is 39.0 Å². The third-order valence-corrected chi connectivity index (χ3v) is 4.46. The van der Waals surface area contributed by atoms with E-state index in [4.69, 9.17) is 5.73 Å². The van der Waals surface area contributed by atoms with E-state index in [1.165, 1.54) is 6.07 Å². The fourth-order valence-electron chi connectivity index (χ4n) is 1.04. The topological polar surface area (TPSA) is 60.2 Å². The molecule has 0 amide bonds. The van der Waals surface area contributed by atoms with E-state index in [-0.39, 0.29) is 4.90 Å². The standard InChI is InChI=1S/C10H15NO2S/c1-10(2,3)14(12,13)9-6-4-5-8(11)7-9/h4-7H,11H2,1-3H3. The second-order valence-corrected chi connectivity index (χ2v) is 6.89. The van der Waals surface area contributed by atoms with Crippen LogP contribution in [0.4, 0.5) is 5.69 Å². The van der Waals surface area contributed by atoms with Gasteiger partial charge in [0.1, 0.15) is 0 Å². The summed E-state index contributed by atoms with van der Waals surface area (Å²) in [6, 6.07) is 6.37. The van der Waals surface area contributed by atoms with Crippen molar-refractivity contribution in [3.63, 3.8) is 0 Å². The SMILES string of the molecule is CC(C)(C)S(=O)(=O)c1cccc(N)c1. The van der Waals surface area contributed by atoms with Crippen molar-refractivity contribution in [1.82, 2.24) is 0 Å². The van der Waals surface area contributed by atoms with Gasteiger partial charge in [0.05, 0.1) is 9.64 Å². The molecule has 0 aliphatic carbocycles. The predicted octanol–water partition coefficient (Wildman–Crippen LogP) is 1.84. The summed E-state index contributed by atoms with van der Waals surface area (Å²) in [5, 5.41) is 0. The Morgan fingerprint density at radius 1 is 1.21 bits per heavy atom. The molecule has 0 saturated carbocycles. The average Bonchev–Trinajstić information content (AvgIpc) is 2.02. The summed E-state index contributed by atoms with van der Waals surface area (Å²) in [6.07, 6.45) is 0. The largest absolute Gasteiger partial charge is 0.399 e. The lowest BCUT2D eigenvalue weighted by Crippen LogP contribution is -2.27. The second-order valence-electron chi connectivity index (χ2n) is 4.19. The van der Waals surface area contributed by atoms with Crippen LogP contribution >= 0.6 is 0 Å². The van der Waals surface area contributed by atoms with E-state index in [0.29, 0.717) is 5.69 Å². The van der Waals surface area contributed by atoms with Crippen molar-refractivity contribution in [3.8, 4) is 0 Å². The van der Waals surface area contributed by atoms with Crippen LogP contribution in [0.2, 0.25) is 0 Å². The quantitative estimate of drug-likeness (QED) is 0.724. The first kappa shape index (κ1) is 11.0. The van der Waals surface area contributed by atoms with Crippen LogP contribution < -0.4 is 5.73 Å². The summed E-state index contributed by atoms with van der Waals surface area (Å²) >= 11 is 0. The number of hydrogen-bond acceptors (Lipinski definition) is 3. The van der Waals surface area contributed by atoms with Crippen LogP contribution in [0.3, 0.4) is 0 Å². The highest BCUT2D eigenvalue weighted by molar-refractivity contribution is 7.92. The van der Waals surface area contributed by atoms with Crippen molar-refractivity contribution >= 4 is 15.5 Å². The van der Waals surface area contributed by atoms with E-state index in [0.717, 1.165) is 0 Å². The number of anilines is 1. The third-order valence-electron chi connectivity index (χ3n) is 1.97. The minimum atomic E-state index is -3.28. The summed E-state index contributed by atoms with van der Waals surface area (Å²) in [7, 11) is -3.28. The normalized spacial score (nSPS) is 12.8. The molecule has 0 fully saturated rings. The monoisotopic (exact) mass is 213 g/mol. The highest BCUT2D eigenvalue weighted by Gasteiger charge is 2.30. The second kappa shape index (κ2) is 3.28. The van der Waals surface area contributed by atoms with Crippen LogP contribution in [0.15, 0.2) is 29.2 Å². The lowest BCUT2D eigenvalue weighted by Gasteiger charge is -2.19. The molecule has 0 aromatic heterocycles. The molecule has 14 heavy (non-hydrogen) atoms. The number of sulfone groups is 1. The van der Waals surface area contributed by atoms with Crippen LogP contribution in [0, 0.1) is 0 Å². The summed E-state index contributed by atoms with van der Waals surface area (Å²) < 4.78 is 23.1. The molecule has 0 atom stereocenters.